The van der Waals surface area contributed by atoms with E-state index >= 15 is 0 Å². The Morgan fingerprint density at radius 1 is 1.50 bits per heavy atom. The Morgan fingerprint density at radius 2 is 2.07 bits per heavy atom. The van der Waals surface area contributed by atoms with Gasteiger partial charge in [0.2, 0.25) is 0 Å². The normalized spacial score (nSPS) is 32.6. The molecule has 0 aliphatic heterocycles. The fourth-order valence-electron chi connectivity index (χ4n) is 2.39. The van der Waals surface area contributed by atoms with E-state index < -0.39 is 12.1 Å². The first-order valence-electron chi connectivity index (χ1n) is 5.17. The maximum atomic E-state index is 11.2. The zero-order chi connectivity index (χ0) is 10.9. The Morgan fingerprint density at radius 3 is 2.43 bits per heavy atom. The van der Waals surface area contributed by atoms with Crippen LogP contribution in [-0.4, -0.2) is 24.3 Å². The van der Waals surface area contributed by atoms with Crippen molar-refractivity contribution in [3.05, 3.63) is 0 Å². The number of hydrogen-bond acceptors (Lipinski definition) is 3. The van der Waals surface area contributed by atoms with Crippen LogP contribution in [0, 0.1) is 17.3 Å². The second-order valence-corrected chi connectivity index (χ2v) is 4.87. The van der Waals surface area contributed by atoms with E-state index in [1.54, 1.807) is 0 Å². The predicted octanol–water partition coefficient (Wildman–Crippen LogP) is 1.59. The standard InChI is InChI=1S/C11H20O3/c1-7-5-6-8(11(7,2)3)9(12)10(13)14-4/h7-9,12H,5-6H2,1-4H3/t7-,8+,9+/m0/s1. The summed E-state index contributed by atoms with van der Waals surface area (Å²) in [7, 11) is 1.32. The molecule has 1 rings (SSSR count). The predicted molar refractivity (Wildman–Crippen MR) is 53.7 cm³/mol. The van der Waals surface area contributed by atoms with Gasteiger partial charge in [-0.25, -0.2) is 4.79 Å². The molecule has 3 nitrogen and oxygen atoms in total. The van der Waals surface area contributed by atoms with Crippen LogP contribution < -0.4 is 0 Å². The van der Waals surface area contributed by atoms with Gasteiger partial charge in [0.15, 0.2) is 6.10 Å². The van der Waals surface area contributed by atoms with Gasteiger partial charge < -0.3 is 9.84 Å². The first-order chi connectivity index (χ1) is 6.41. The monoisotopic (exact) mass is 200 g/mol. The number of hydrogen-bond donors (Lipinski definition) is 1. The number of ether oxygens (including phenoxy) is 1. The Hall–Kier alpha value is -0.570. The van der Waals surface area contributed by atoms with Gasteiger partial charge in [0.25, 0.3) is 0 Å². The highest BCUT2D eigenvalue weighted by atomic mass is 16.5. The van der Waals surface area contributed by atoms with Gasteiger partial charge in [-0.15, -0.1) is 0 Å². The van der Waals surface area contributed by atoms with Gasteiger partial charge in [0.1, 0.15) is 0 Å². The van der Waals surface area contributed by atoms with Crippen LogP contribution in [0.1, 0.15) is 33.6 Å². The van der Waals surface area contributed by atoms with Crippen molar-refractivity contribution in [3.8, 4) is 0 Å². The molecule has 1 aliphatic carbocycles. The van der Waals surface area contributed by atoms with Crippen molar-refractivity contribution in [1.29, 1.82) is 0 Å². The summed E-state index contributed by atoms with van der Waals surface area (Å²) < 4.78 is 4.56. The first-order valence-corrected chi connectivity index (χ1v) is 5.17. The highest BCUT2D eigenvalue weighted by molar-refractivity contribution is 5.74. The molecule has 0 aromatic rings. The maximum Gasteiger partial charge on any atom is 0.334 e. The lowest BCUT2D eigenvalue weighted by Crippen LogP contribution is -2.38. The SMILES string of the molecule is COC(=O)[C@H](O)[C@H]1CC[C@H](C)C1(C)C. The van der Waals surface area contributed by atoms with Gasteiger partial charge in [-0.05, 0) is 24.2 Å². The highest BCUT2D eigenvalue weighted by Crippen LogP contribution is 2.48. The number of methoxy groups -OCH3 is 1. The van der Waals surface area contributed by atoms with E-state index in [1.165, 1.54) is 7.11 Å². The molecule has 82 valence electrons. The summed E-state index contributed by atoms with van der Waals surface area (Å²) in [5.74, 6) is 0.0777. The summed E-state index contributed by atoms with van der Waals surface area (Å²) >= 11 is 0. The zero-order valence-corrected chi connectivity index (χ0v) is 9.41. The van der Waals surface area contributed by atoms with Gasteiger partial charge in [-0.2, -0.15) is 0 Å². The lowest BCUT2D eigenvalue weighted by Gasteiger charge is -2.33. The van der Waals surface area contributed by atoms with Crippen LogP contribution in [0.4, 0.5) is 0 Å². The van der Waals surface area contributed by atoms with E-state index in [4.69, 9.17) is 0 Å². The molecule has 0 aromatic heterocycles. The minimum Gasteiger partial charge on any atom is -0.467 e. The van der Waals surface area contributed by atoms with Crippen molar-refractivity contribution in [1.82, 2.24) is 0 Å². The average Bonchev–Trinajstić information content (AvgIpc) is 2.40. The summed E-state index contributed by atoms with van der Waals surface area (Å²) in [6.45, 7) is 6.40. The number of rotatable bonds is 2. The van der Waals surface area contributed by atoms with Crippen molar-refractivity contribution in [2.75, 3.05) is 7.11 Å². The largest absolute Gasteiger partial charge is 0.467 e. The first kappa shape index (κ1) is 11.5. The molecule has 1 fully saturated rings. The lowest BCUT2D eigenvalue weighted by atomic mass is 9.74. The topological polar surface area (TPSA) is 46.5 Å². The van der Waals surface area contributed by atoms with Crippen molar-refractivity contribution in [2.24, 2.45) is 17.3 Å². The Bertz CT molecular complexity index is 223. The molecule has 1 N–H and O–H groups in total. The molecule has 3 heteroatoms. The fourth-order valence-corrected chi connectivity index (χ4v) is 2.39. The van der Waals surface area contributed by atoms with E-state index in [1.807, 2.05) is 0 Å². The zero-order valence-electron chi connectivity index (χ0n) is 9.41. The van der Waals surface area contributed by atoms with Crippen molar-refractivity contribution >= 4 is 5.97 Å². The van der Waals surface area contributed by atoms with Gasteiger partial charge in [0.05, 0.1) is 7.11 Å². The fraction of sp³-hybridized carbons (Fsp3) is 0.909. The number of carbonyl (C=O) groups is 1. The van der Waals surface area contributed by atoms with Crippen LogP contribution in [0.25, 0.3) is 0 Å². The minimum absolute atomic E-state index is 0.0214. The number of esters is 1. The Balaban J connectivity index is 2.74. The molecule has 0 heterocycles. The van der Waals surface area contributed by atoms with Crippen LogP contribution in [0.3, 0.4) is 0 Å². The van der Waals surface area contributed by atoms with E-state index in [9.17, 15) is 9.90 Å². The van der Waals surface area contributed by atoms with Crippen molar-refractivity contribution in [3.63, 3.8) is 0 Å². The summed E-state index contributed by atoms with van der Waals surface area (Å²) in [5, 5.41) is 9.80. The summed E-state index contributed by atoms with van der Waals surface area (Å²) in [6, 6.07) is 0. The second kappa shape index (κ2) is 3.89. The van der Waals surface area contributed by atoms with Crippen LogP contribution in [0.5, 0.6) is 0 Å². The molecule has 0 spiro atoms. The van der Waals surface area contributed by atoms with Gasteiger partial charge in [0, 0.05) is 5.92 Å². The van der Waals surface area contributed by atoms with Gasteiger partial charge in [-0.3, -0.25) is 0 Å². The lowest BCUT2D eigenvalue weighted by molar-refractivity contribution is -0.155. The summed E-state index contributed by atoms with van der Waals surface area (Å²) in [6.07, 6.45) is 1.02. The molecule has 14 heavy (non-hydrogen) atoms. The van der Waals surface area contributed by atoms with E-state index in [0.29, 0.717) is 5.92 Å². The molecule has 0 bridgehead atoms. The molecular formula is C11H20O3. The summed E-state index contributed by atoms with van der Waals surface area (Å²) in [5.41, 5.74) is 0.0214. The molecule has 0 unspecified atom stereocenters. The molecule has 0 saturated heterocycles. The van der Waals surface area contributed by atoms with Crippen LogP contribution in [0.15, 0.2) is 0 Å². The smallest absolute Gasteiger partial charge is 0.334 e. The van der Waals surface area contributed by atoms with Gasteiger partial charge >= 0.3 is 5.97 Å². The van der Waals surface area contributed by atoms with Crippen molar-refractivity contribution in [2.45, 2.75) is 39.7 Å². The quantitative estimate of drug-likeness (QED) is 0.689. The molecule has 1 aliphatic rings. The number of carbonyl (C=O) groups excluding carboxylic acids is 1. The van der Waals surface area contributed by atoms with E-state index in [-0.39, 0.29) is 11.3 Å². The molecule has 0 aromatic carbocycles. The third-order valence-corrected chi connectivity index (χ3v) is 3.96. The average molecular weight is 200 g/mol. The van der Waals surface area contributed by atoms with E-state index in [2.05, 4.69) is 25.5 Å². The molecule has 0 radical (unpaired) electrons. The third kappa shape index (κ3) is 1.78. The Labute approximate surface area is 85.5 Å². The second-order valence-electron chi connectivity index (χ2n) is 4.87. The summed E-state index contributed by atoms with van der Waals surface area (Å²) in [4.78, 5) is 11.2. The highest BCUT2D eigenvalue weighted by Gasteiger charge is 2.46. The molecule has 1 saturated carbocycles. The molecule has 0 amide bonds. The number of aliphatic hydroxyl groups excluding tert-OH is 1. The van der Waals surface area contributed by atoms with Crippen LogP contribution >= 0.6 is 0 Å². The maximum absolute atomic E-state index is 11.2. The molecule has 3 atom stereocenters. The van der Waals surface area contributed by atoms with Gasteiger partial charge in [-0.1, -0.05) is 20.8 Å². The van der Waals surface area contributed by atoms with E-state index in [0.717, 1.165) is 12.8 Å². The number of aliphatic hydroxyl groups is 1. The third-order valence-electron chi connectivity index (χ3n) is 3.96. The molecular weight excluding hydrogens is 180 g/mol. The Kier molecular flexibility index (Phi) is 3.20. The van der Waals surface area contributed by atoms with Crippen LogP contribution in [0.2, 0.25) is 0 Å². The minimum atomic E-state index is -0.958. The van der Waals surface area contributed by atoms with Crippen molar-refractivity contribution < 1.29 is 14.6 Å². The van der Waals surface area contributed by atoms with Crippen LogP contribution in [-0.2, 0) is 9.53 Å².